The van der Waals surface area contributed by atoms with Crippen LogP contribution in [0, 0.1) is 12.3 Å². The van der Waals surface area contributed by atoms with Crippen LogP contribution in [0.2, 0.25) is 0 Å². The van der Waals surface area contributed by atoms with Crippen LogP contribution in [0.5, 0.6) is 0 Å². The van der Waals surface area contributed by atoms with E-state index in [0.717, 1.165) is 5.56 Å². The van der Waals surface area contributed by atoms with Crippen molar-refractivity contribution < 1.29 is 7.54 Å². The molecule has 0 saturated heterocycles. The molecule has 2 aromatic rings. The summed E-state index contributed by atoms with van der Waals surface area (Å²) in [7, 11) is 1.54. The fraction of sp³-hybridized carbons (Fsp3) is 0.111. The maximum Gasteiger partial charge on any atom is 0.248 e. The number of fused-ring (bicyclic) bond motifs is 1. The maximum absolute atomic E-state index is 12.4. The van der Waals surface area contributed by atoms with Gasteiger partial charge in [-0.05, 0) is 18.2 Å². The molecule has 3 rings (SSSR count). The molecule has 0 spiro atoms. The molecule has 0 aromatic heterocycles. The molecule has 0 bridgehead atoms. The monoisotopic (exact) mass is 276 g/mol. The van der Waals surface area contributed by atoms with Gasteiger partial charge < -0.3 is 4.90 Å². The van der Waals surface area contributed by atoms with Crippen molar-refractivity contribution in [2.75, 3.05) is 18.4 Å². The molecule has 3 heteroatoms. The standard InChI is InChI=1S/C18H14N2O/c1-3-13-9-10-16-15(11-13)18(14-7-5-4-6-8-14)19-12-17(21)20(16)2/h1,4-11H,12H2,2H3/i12D2. The number of nitrogens with zero attached hydrogens (tertiary/aromatic N) is 2. The summed E-state index contributed by atoms with van der Waals surface area (Å²) in [5.74, 6) is 1.85. The minimum Gasteiger partial charge on any atom is -0.313 e. The fourth-order valence-corrected chi connectivity index (χ4v) is 2.27. The van der Waals surface area contributed by atoms with Gasteiger partial charge in [0.1, 0.15) is 6.50 Å². The first-order valence-electron chi connectivity index (χ1n) is 7.48. The second-order valence-electron chi connectivity index (χ2n) is 4.68. The smallest absolute Gasteiger partial charge is 0.248 e. The molecule has 3 nitrogen and oxygen atoms in total. The number of aliphatic imine (C=N–C) groups is 1. The SMILES string of the molecule is [2H]C1([2H])N=C(c2ccccc2)c2cc(C#C)ccc2N(C)C1=O. The summed E-state index contributed by atoms with van der Waals surface area (Å²) in [5, 5.41) is 0. The van der Waals surface area contributed by atoms with Crippen LogP contribution >= 0.6 is 0 Å². The highest BCUT2D eigenvalue weighted by molar-refractivity contribution is 6.19. The molecule has 1 aliphatic rings. The Bertz CT molecular complexity index is 851. The summed E-state index contributed by atoms with van der Waals surface area (Å²) in [6, 6.07) is 14.4. The Kier molecular flexibility index (Phi) is 2.72. The molecule has 0 unspecified atom stereocenters. The minimum atomic E-state index is -2.34. The van der Waals surface area contributed by atoms with E-state index in [4.69, 9.17) is 9.16 Å². The van der Waals surface area contributed by atoms with Crippen LogP contribution in [0.1, 0.15) is 19.4 Å². The van der Waals surface area contributed by atoms with E-state index in [1.54, 1.807) is 18.2 Å². The molecule has 0 fully saturated rings. The summed E-state index contributed by atoms with van der Waals surface area (Å²) in [6.07, 6.45) is 5.48. The molecule has 2 aromatic carbocycles. The number of amides is 1. The van der Waals surface area contributed by atoms with Gasteiger partial charge in [-0.3, -0.25) is 9.79 Å². The van der Waals surface area contributed by atoms with Gasteiger partial charge in [-0.15, -0.1) is 6.42 Å². The third kappa shape index (κ3) is 2.32. The highest BCUT2D eigenvalue weighted by atomic mass is 16.2. The molecule has 0 radical (unpaired) electrons. The Hall–Kier alpha value is -2.86. The lowest BCUT2D eigenvalue weighted by Gasteiger charge is -2.18. The second kappa shape index (κ2) is 5.26. The van der Waals surface area contributed by atoms with Crippen LogP contribution in [0.3, 0.4) is 0 Å². The molecule has 1 heterocycles. The van der Waals surface area contributed by atoms with Crippen molar-refractivity contribution >= 4 is 17.3 Å². The zero-order valence-corrected chi connectivity index (χ0v) is 11.5. The highest BCUT2D eigenvalue weighted by Gasteiger charge is 2.22. The number of carbonyl (C=O) groups is 1. The average molecular weight is 276 g/mol. The van der Waals surface area contributed by atoms with Gasteiger partial charge in [0.25, 0.3) is 0 Å². The van der Waals surface area contributed by atoms with Gasteiger partial charge in [0, 0.05) is 23.7 Å². The van der Waals surface area contributed by atoms with Gasteiger partial charge in [-0.25, -0.2) is 0 Å². The number of terminal acetylenes is 1. The Labute approximate surface area is 126 Å². The summed E-state index contributed by atoms with van der Waals surface area (Å²) in [6.45, 7) is -2.34. The topological polar surface area (TPSA) is 32.7 Å². The summed E-state index contributed by atoms with van der Waals surface area (Å²) in [5.41, 5.74) is 3.02. The molecular formula is C18H14N2O. The lowest BCUT2D eigenvalue weighted by Crippen LogP contribution is -2.27. The van der Waals surface area contributed by atoms with E-state index in [2.05, 4.69) is 10.9 Å². The van der Waals surface area contributed by atoms with Gasteiger partial charge in [0.15, 0.2) is 0 Å². The lowest BCUT2D eigenvalue weighted by atomic mass is 9.98. The Morgan fingerprint density at radius 3 is 2.76 bits per heavy atom. The third-order valence-electron chi connectivity index (χ3n) is 3.39. The molecule has 0 aliphatic carbocycles. The Morgan fingerprint density at radius 2 is 2.05 bits per heavy atom. The van der Waals surface area contributed by atoms with Crippen molar-refractivity contribution in [1.82, 2.24) is 0 Å². The molecule has 0 saturated carbocycles. The van der Waals surface area contributed by atoms with Gasteiger partial charge in [0.2, 0.25) is 5.91 Å². The van der Waals surface area contributed by atoms with E-state index < -0.39 is 12.4 Å². The summed E-state index contributed by atoms with van der Waals surface area (Å²) < 4.78 is 16.0. The maximum atomic E-state index is 12.4. The predicted molar refractivity (Wildman–Crippen MR) is 84.7 cm³/mol. The Morgan fingerprint density at radius 1 is 1.29 bits per heavy atom. The lowest BCUT2D eigenvalue weighted by molar-refractivity contribution is -0.116. The molecule has 0 atom stereocenters. The van der Waals surface area contributed by atoms with Gasteiger partial charge >= 0.3 is 0 Å². The first-order chi connectivity index (χ1) is 10.9. The molecule has 21 heavy (non-hydrogen) atoms. The van der Waals surface area contributed by atoms with Crippen molar-refractivity contribution in [3.63, 3.8) is 0 Å². The number of likely N-dealkylation sites (N-methyl/N-ethyl adjacent to an activating group) is 1. The van der Waals surface area contributed by atoms with E-state index in [1.807, 2.05) is 30.3 Å². The van der Waals surface area contributed by atoms with Crippen LogP contribution in [0.15, 0.2) is 53.5 Å². The van der Waals surface area contributed by atoms with E-state index >= 15 is 0 Å². The number of anilines is 1. The Balaban J connectivity index is 2.34. The molecule has 1 aliphatic heterocycles. The zero-order chi connectivity index (χ0) is 16.6. The van der Waals surface area contributed by atoms with E-state index in [1.165, 1.54) is 11.9 Å². The molecular weight excluding hydrogens is 260 g/mol. The van der Waals surface area contributed by atoms with Crippen LogP contribution < -0.4 is 4.90 Å². The molecule has 102 valence electrons. The van der Waals surface area contributed by atoms with Crippen molar-refractivity contribution in [3.8, 4) is 12.3 Å². The number of carbonyl (C=O) groups excluding carboxylic acids is 1. The summed E-state index contributed by atoms with van der Waals surface area (Å²) in [4.78, 5) is 17.8. The van der Waals surface area contributed by atoms with Crippen molar-refractivity contribution in [2.24, 2.45) is 4.99 Å². The number of benzene rings is 2. The van der Waals surface area contributed by atoms with Crippen molar-refractivity contribution in [1.29, 1.82) is 0 Å². The molecule has 0 N–H and O–H groups in total. The number of rotatable bonds is 1. The van der Waals surface area contributed by atoms with Crippen molar-refractivity contribution in [3.05, 3.63) is 65.2 Å². The predicted octanol–water partition coefficient (Wildman–Crippen LogP) is 2.48. The number of hydrogen-bond acceptors (Lipinski definition) is 2. The van der Waals surface area contributed by atoms with E-state index in [0.29, 0.717) is 22.5 Å². The first-order valence-corrected chi connectivity index (χ1v) is 6.48. The number of benzodiazepines with no additional fused rings is 1. The van der Waals surface area contributed by atoms with E-state index in [9.17, 15) is 4.79 Å². The zero-order valence-electron chi connectivity index (χ0n) is 13.5. The fourth-order valence-electron chi connectivity index (χ4n) is 2.27. The largest absolute Gasteiger partial charge is 0.313 e. The van der Waals surface area contributed by atoms with E-state index in [-0.39, 0.29) is 0 Å². The highest BCUT2D eigenvalue weighted by Crippen LogP contribution is 2.26. The van der Waals surface area contributed by atoms with Crippen LogP contribution in [-0.2, 0) is 4.79 Å². The minimum absolute atomic E-state index is 0.417. The molecule has 1 amide bonds. The quantitative estimate of drug-likeness (QED) is 0.737. The van der Waals surface area contributed by atoms with Crippen LogP contribution in [-0.4, -0.2) is 25.2 Å². The first kappa shape index (κ1) is 10.9. The second-order valence-corrected chi connectivity index (χ2v) is 4.68. The van der Waals surface area contributed by atoms with Gasteiger partial charge in [0.05, 0.1) is 14.1 Å². The van der Waals surface area contributed by atoms with Gasteiger partial charge in [-0.2, -0.15) is 0 Å². The average Bonchev–Trinajstić information content (AvgIpc) is 2.65. The van der Waals surface area contributed by atoms with Crippen LogP contribution in [0.25, 0.3) is 0 Å². The van der Waals surface area contributed by atoms with Crippen molar-refractivity contribution in [2.45, 2.75) is 0 Å². The number of hydrogen-bond donors (Lipinski definition) is 0. The normalized spacial score (nSPS) is 17.8. The third-order valence-corrected chi connectivity index (χ3v) is 3.39. The van der Waals surface area contributed by atoms with Crippen LogP contribution in [0.4, 0.5) is 5.69 Å². The van der Waals surface area contributed by atoms with Gasteiger partial charge in [-0.1, -0.05) is 36.3 Å². The summed E-state index contributed by atoms with van der Waals surface area (Å²) >= 11 is 0.